The molecule has 0 saturated carbocycles. The number of nitrogens with zero attached hydrogens (tertiary/aromatic N) is 1. The molecule has 2 aromatic heterocycles. The van der Waals surface area contributed by atoms with E-state index in [9.17, 15) is 0 Å². The number of rotatable bonds is 4. The number of aromatic nitrogens is 1. The molecule has 0 atom stereocenters. The molecule has 2 nitrogen and oxygen atoms in total. The van der Waals surface area contributed by atoms with Crippen molar-refractivity contribution >= 4 is 43.7 Å². The summed E-state index contributed by atoms with van der Waals surface area (Å²) < 4.78 is 8.86. The first-order valence-corrected chi connectivity index (χ1v) is 15.0. The van der Waals surface area contributed by atoms with Gasteiger partial charge in [0, 0.05) is 21.8 Å². The predicted molar refractivity (Wildman–Crippen MR) is 184 cm³/mol. The normalized spacial score (nSPS) is 11.6. The molecule has 0 aliphatic heterocycles. The summed E-state index contributed by atoms with van der Waals surface area (Å²) in [6.07, 6.45) is 0. The van der Waals surface area contributed by atoms with Crippen LogP contribution in [0.15, 0.2) is 168 Å². The average Bonchev–Trinajstić information content (AvgIpc) is 3.65. The molecular formula is C42H27NO. The molecule has 9 aromatic rings. The Morgan fingerprint density at radius 3 is 1.77 bits per heavy atom. The molecule has 0 bridgehead atoms. The third-order valence-corrected chi connectivity index (χ3v) is 8.81. The predicted octanol–water partition coefficient (Wildman–Crippen LogP) is 11.7. The van der Waals surface area contributed by atoms with Crippen molar-refractivity contribution < 1.29 is 4.42 Å². The van der Waals surface area contributed by atoms with Gasteiger partial charge in [0.25, 0.3) is 0 Å². The van der Waals surface area contributed by atoms with Gasteiger partial charge >= 0.3 is 0 Å². The highest BCUT2D eigenvalue weighted by molar-refractivity contribution is 6.23. The number of hydrogen-bond donors (Lipinski definition) is 0. The molecule has 0 N–H and O–H groups in total. The van der Waals surface area contributed by atoms with Gasteiger partial charge in [-0.2, -0.15) is 0 Å². The first-order chi connectivity index (χ1) is 21.8. The van der Waals surface area contributed by atoms with Gasteiger partial charge in [-0.3, -0.25) is 0 Å². The van der Waals surface area contributed by atoms with Gasteiger partial charge in [0.1, 0.15) is 11.2 Å². The fraction of sp³-hybridized carbons (Fsp3) is 0. The molecule has 2 heterocycles. The Hall–Kier alpha value is -5.86. The van der Waals surface area contributed by atoms with Gasteiger partial charge in [-0.05, 0) is 75.8 Å². The van der Waals surface area contributed by atoms with E-state index in [2.05, 4.69) is 162 Å². The molecule has 206 valence electrons. The molecule has 0 amide bonds. The second-order valence-corrected chi connectivity index (χ2v) is 11.4. The Morgan fingerprint density at radius 2 is 0.955 bits per heavy atom. The minimum atomic E-state index is 0.920. The molecule has 44 heavy (non-hydrogen) atoms. The Kier molecular flexibility index (Phi) is 5.54. The van der Waals surface area contributed by atoms with Crippen molar-refractivity contribution in [2.24, 2.45) is 0 Å². The van der Waals surface area contributed by atoms with Crippen LogP contribution in [0.1, 0.15) is 0 Å². The zero-order valence-corrected chi connectivity index (χ0v) is 23.9. The van der Waals surface area contributed by atoms with Crippen molar-refractivity contribution in [3.63, 3.8) is 0 Å². The summed E-state index contributed by atoms with van der Waals surface area (Å²) in [6, 6.07) is 58.4. The monoisotopic (exact) mass is 561 g/mol. The third-order valence-electron chi connectivity index (χ3n) is 8.81. The van der Waals surface area contributed by atoms with E-state index in [4.69, 9.17) is 4.42 Å². The smallest absolute Gasteiger partial charge is 0.145 e. The van der Waals surface area contributed by atoms with Crippen molar-refractivity contribution in [1.82, 2.24) is 4.57 Å². The van der Waals surface area contributed by atoms with Gasteiger partial charge in [0.2, 0.25) is 0 Å². The zero-order chi connectivity index (χ0) is 29.0. The van der Waals surface area contributed by atoms with E-state index in [0.29, 0.717) is 0 Å². The van der Waals surface area contributed by atoms with Gasteiger partial charge in [0.05, 0.1) is 16.4 Å². The maximum atomic E-state index is 6.49. The molecular weight excluding hydrogens is 534 g/mol. The van der Waals surface area contributed by atoms with E-state index < -0.39 is 0 Å². The second kappa shape index (κ2) is 9.86. The molecule has 0 saturated heterocycles. The van der Waals surface area contributed by atoms with Gasteiger partial charge < -0.3 is 8.98 Å². The van der Waals surface area contributed by atoms with Crippen LogP contribution in [0, 0.1) is 0 Å². The van der Waals surface area contributed by atoms with Gasteiger partial charge in [-0.25, -0.2) is 0 Å². The molecule has 0 unspecified atom stereocenters. The number of fused-ring (bicyclic) bond motifs is 7. The summed E-state index contributed by atoms with van der Waals surface area (Å²) in [5, 5.41) is 4.65. The molecule has 2 heteroatoms. The Morgan fingerprint density at radius 1 is 0.364 bits per heavy atom. The fourth-order valence-electron chi connectivity index (χ4n) is 6.70. The number of hydrogen-bond acceptors (Lipinski definition) is 1. The summed E-state index contributed by atoms with van der Waals surface area (Å²) in [4.78, 5) is 0. The van der Waals surface area contributed by atoms with Crippen LogP contribution >= 0.6 is 0 Å². The molecule has 0 radical (unpaired) electrons. The number of para-hydroxylation sites is 2. The first-order valence-electron chi connectivity index (χ1n) is 15.0. The summed E-state index contributed by atoms with van der Waals surface area (Å²) in [6.45, 7) is 0. The zero-order valence-electron chi connectivity index (χ0n) is 23.9. The molecule has 7 aromatic carbocycles. The Balaban J connectivity index is 1.16. The highest BCUT2D eigenvalue weighted by atomic mass is 16.3. The van der Waals surface area contributed by atoms with E-state index in [1.54, 1.807) is 0 Å². The van der Waals surface area contributed by atoms with Crippen LogP contribution in [0.5, 0.6) is 0 Å². The van der Waals surface area contributed by atoms with E-state index >= 15 is 0 Å². The standard InChI is InChI=1S/C42H27NO/c1-2-10-28(11-3-1)29-20-22-30(23-21-29)31-12-8-13-32(26-31)33-14-9-15-34(27-33)43-38-18-6-4-17-37(38)41-39(43)25-24-36-35-16-5-7-19-40(35)44-42(36)41/h1-27H. The molecule has 0 fully saturated rings. The lowest BCUT2D eigenvalue weighted by atomic mass is 9.97. The summed E-state index contributed by atoms with van der Waals surface area (Å²) in [7, 11) is 0. The third kappa shape index (κ3) is 3.89. The van der Waals surface area contributed by atoms with E-state index in [1.807, 2.05) is 6.07 Å². The fourth-order valence-corrected chi connectivity index (χ4v) is 6.70. The quantitative estimate of drug-likeness (QED) is 0.209. The van der Waals surface area contributed by atoms with Crippen LogP contribution < -0.4 is 0 Å². The highest BCUT2D eigenvalue weighted by Gasteiger charge is 2.18. The van der Waals surface area contributed by atoms with Crippen LogP contribution in [-0.2, 0) is 0 Å². The maximum absolute atomic E-state index is 6.49. The maximum Gasteiger partial charge on any atom is 0.145 e. The van der Waals surface area contributed by atoms with Crippen LogP contribution in [0.25, 0.3) is 82.8 Å². The highest BCUT2D eigenvalue weighted by Crippen LogP contribution is 2.41. The second-order valence-electron chi connectivity index (χ2n) is 11.4. The van der Waals surface area contributed by atoms with Crippen molar-refractivity contribution in [2.75, 3.05) is 0 Å². The number of furan rings is 1. The summed E-state index contributed by atoms with van der Waals surface area (Å²) in [5.74, 6) is 0. The minimum Gasteiger partial charge on any atom is -0.455 e. The van der Waals surface area contributed by atoms with Gasteiger partial charge in [0.15, 0.2) is 0 Å². The van der Waals surface area contributed by atoms with Crippen molar-refractivity contribution in [2.45, 2.75) is 0 Å². The van der Waals surface area contributed by atoms with Crippen molar-refractivity contribution in [3.8, 4) is 39.1 Å². The van der Waals surface area contributed by atoms with Crippen molar-refractivity contribution in [3.05, 3.63) is 164 Å². The summed E-state index contributed by atoms with van der Waals surface area (Å²) >= 11 is 0. The Bertz CT molecular complexity index is 2480. The van der Waals surface area contributed by atoms with E-state index in [0.717, 1.165) is 38.5 Å². The molecule has 0 aliphatic carbocycles. The summed E-state index contributed by atoms with van der Waals surface area (Å²) in [5.41, 5.74) is 12.5. The average molecular weight is 562 g/mol. The number of benzene rings is 7. The topological polar surface area (TPSA) is 18.1 Å². The lowest BCUT2D eigenvalue weighted by Crippen LogP contribution is -1.94. The lowest BCUT2D eigenvalue weighted by Gasteiger charge is -2.11. The van der Waals surface area contributed by atoms with Crippen LogP contribution in [0.3, 0.4) is 0 Å². The van der Waals surface area contributed by atoms with E-state index in [-0.39, 0.29) is 0 Å². The Labute approximate surface area is 255 Å². The van der Waals surface area contributed by atoms with Crippen LogP contribution in [0.2, 0.25) is 0 Å². The van der Waals surface area contributed by atoms with E-state index in [1.165, 1.54) is 44.3 Å². The van der Waals surface area contributed by atoms with Gasteiger partial charge in [-0.15, -0.1) is 0 Å². The largest absolute Gasteiger partial charge is 0.455 e. The lowest BCUT2D eigenvalue weighted by molar-refractivity contribution is 0.673. The SMILES string of the molecule is c1ccc(-c2ccc(-c3cccc(-c4cccc(-n5c6ccccc6c6c7oc8ccccc8c7ccc65)c4)c3)cc2)cc1. The van der Waals surface area contributed by atoms with Crippen LogP contribution in [-0.4, -0.2) is 4.57 Å². The molecule has 9 rings (SSSR count). The van der Waals surface area contributed by atoms with Crippen molar-refractivity contribution in [1.29, 1.82) is 0 Å². The van der Waals surface area contributed by atoms with Gasteiger partial charge in [-0.1, -0.05) is 121 Å². The van der Waals surface area contributed by atoms with Crippen LogP contribution in [0.4, 0.5) is 0 Å². The first kappa shape index (κ1) is 24.7. The molecule has 0 aliphatic rings. The minimum absolute atomic E-state index is 0.920. The molecule has 0 spiro atoms.